The van der Waals surface area contributed by atoms with Crippen molar-refractivity contribution in [3.63, 3.8) is 0 Å². The molecule has 3 aromatic carbocycles. The lowest BCUT2D eigenvalue weighted by atomic mass is 10.1. The van der Waals surface area contributed by atoms with Crippen LogP contribution >= 0.6 is 0 Å². The van der Waals surface area contributed by atoms with E-state index in [1.807, 2.05) is 72.8 Å². The summed E-state index contributed by atoms with van der Waals surface area (Å²) < 4.78 is 0. The van der Waals surface area contributed by atoms with E-state index < -0.39 is 0 Å². The fourth-order valence-electron chi connectivity index (χ4n) is 2.02. The number of azo groups is 1. The average Bonchev–Trinajstić information content (AvgIpc) is 2.61. The Morgan fingerprint density at radius 2 is 0.909 bits per heavy atom. The molecule has 0 heterocycles. The van der Waals surface area contributed by atoms with Gasteiger partial charge in [-0.1, -0.05) is 72.8 Å². The number of benzene rings is 3. The average molecular weight is 284 g/mol. The van der Waals surface area contributed by atoms with Gasteiger partial charge in [0.15, 0.2) is 0 Å². The highest BCUT2D eigenvalue weighted by Gasteiger charge is 1.91. The summed E-state index contributed by atoms with van der Waals surface area (Å²) >= 11 is 0. The molecular weight excluding hydrogens is 268 g/mol. The summed E-state index contributed by atoms with van der Waals surface area (Å²) in [5, 5.41) is 8.44. The fraction of sp³-hybridized carbons (Fsp3) is 0. The van der Waals surface area contributed by atoms with Crippen LogP contribution in [-0.2, 0) is 0 Å². The third-order valence-electron chi connectivity index (χ3n) is 3.20. The lowest BCUT2D eigenvalue weighted by molar-refractivity contribution is 1.23. The van der Waals surface area contributed by atoms with Crippen molar-refractivity contribution in [2.24, 2.45) is 10.2 Å². The van der Waals surface area contributed by atoms with Crippen LogP contribution in [0.2, 0.25) is 0 Å². The van der Waals surface area contributed by atoms with Gasteiger partial charge in [0, 0.05) is 0 Å². The predicted octanol–water partition coefficient (Wildman–Crippen LogP) is 6.27. The summed E-state index contributed by atoms with van der Waals surface area (Å²) in [5.74, 6) is 0. The number of rotatable bonds is 4. The zero-order valence-electron chi connectivity index (χ0n) is 12.1. The number of nitrogens with zero attached hydrogens (tertiary/aromatic N) is 2. The maximum Gasteiger partial charge on any atom is 0.0857 e. The molecule has 3 rings (SSSR count). The van der Waals surface area contributed by atoms with Crippen LogP contribution in [0.5, 0.6) is 0 Å². The third-order valence-corrected chi connectivity index (χ3v) is 3.20. The molecule has 0 aromatic heterocycles. The van der Waals surface area contributed by atoms with Crippen LogP contribution in [0.4, 0.5) is 11.4 Å². The Hall–Kier alpha value is -3.00. The summed E-state index contributed by atoms with van der Waals surface area (Å²) in [6.07, 6.45) is 4.19. The zero-order valence-corrected chi connectivity index (χ0v) is 12.1. The highest BCUT2D eigenvalue weighted by Crippen LogP contribution is 2.19. The van der Waals surface area contributed by atoms with Crippen LogP contribution in [-0.4, -0.2) is 0 Å². The second kappa shape index (κ2) is 7.14. The van der Waals surface area contributed by atoms with Crippen molar-refractivity contribution >= 4 is 23.5 Å². The minimum Gasteiger partial charge on any atom is -0.151 e. The summed E-state index contributed by atoms with van der Waals surface area (Å²) in [5.41, 5.74) is 4.04. The van der Waals surface area contributed by atoms with Gasteiger partial charge >= 0.3 is 0 Å². The molecule has 0 fully saturated rings. The lowest BCUT2D eigenvalue weighted by Crippen LogP contribution is -1.72. The van der Waals surface area contributed by atoms with Crippen LogP contribution in [0.1, 0.15) is 11.1 Å². The van der Waals surface area contributed by atoms with Crippen molar-refractivity contribution in [1.82, 2.24) is 0 Å². The van der Waals surface area contributed by atoms with Crippen LogP contribution in [0.25, 0.3) is 12.2 Å². The Bertz CT molecular complexity index is 689. The normalized spacial score (nSPS) is 11.3. The molecule has 0 atom stereocenters. The Kier molecular flexibility index (Phi) is 4.53. The van der Waals surface area contributed by atoms with Gasteiger partial charge in [0.05, 0.1) is 11.4 Å². The number of hydrogen-bond donors (Lipinski definition) is 0. The van der Waals surface area contributed by atoms with Crippen molar-refractivity contribution < 1.29 is 0 Å². The van der Waals surface area contributed by atoms with Gasteiger partial charge in [0.1, 0.15) is 0 Å². The van der Waals surface area contributed by atoms with E-state index in [2.05, 4.69) is 34.5 Å². The van der Waals surface area contributed by atoms with E-state index in [9.17, 15) is 0 Å². The first kappa shape index (κ1) is 14.0. The first-order valence-electron chi connectivity index (χ1n) is 7.20. The SMILES string of the molecule is C(=Cc1ccc(/N=N/c2ccccc2)cc1)c1ccccc1. The van der Waals surface area contributed by atoms with Gasteiger partial charge in [-0.05, 0) is 35.4 Å². The second-order valence-electron chi connectivity index (χ2n) is 4.87. The van der Waals surface area contributed by atoms with Crippen molar-refractivity contribution in [1.29, 1.82) is 0 Å². The summed E-state index contributed by atoms with van der Waals surface area (Å²) in [7, 11) is 0. The van der Waals surface area contributed by atoms with E-state index in [4.69, 9.17) is 0 Å². The molecular formula is C20H16N2. The number of hydrogen-bond acceptors (Lipinski definition) is 2. The summed E-state index contributed by atoms with van der Waals surface area (Å²) in [6.45, 7) is 0. The molecule has 2 nitrogen and oxygen atoms in total. The standard InChI is InChI=1S/C20H16N2/c1-3-7-17(8-4-1)11-12-18-13-15-20(16-14-18)22-21-19-9-5-2-6-10-19/h1-16H/b12-11?,22-21+. The van der Waals surface area contributed by atoms with Gasteiger partial charge in [-0.2, -0.15) is 10.2 Å². The molecule has 0 saturated heterocycles. The molecule has 3 aromatic rings. The molecule has 0 unspecified atom stereocenters. The van der Waals surface area contributed by atoms with E-state index in [0.717, 1.165) is 16.9 Å². The largest absolute Gasteiger partial charge is 0.151 e. The van der Waals surface area contributed by atoms with E-state index in [1.54, 1.807) is 0 Å². The quantitative estimate of drug-likeness (QED) is 0.398. The zero-order chi connectivity index (χ0) is 15.0. The van der Waals surface area contributed by atoms with Gasteiger partial charge in [0.25, 0.3) is 0 Å². The van der Waals surface area contributed by atoms with E-state index in [0.29, 0.717) is 0 Å². The van der Waals surface area contributed by atoms with Crippen molar-refractivity contribution in [2.75, 3.05) is 0 Å². The van der Waals surface area contributed by atoms with Gasteiger partial charge in [0.2, 0.25) is 0 Å². The van der Waals surface area contributed by atoms with Crippen molar-refractivity contribution in [2.45, 2.75) is 0 Å². The van der Waals surface area contributed by atoms with Crippen molar-refractivity contribution in [3.8, 4) is 0 Å². The van der Waals surface area contributed by atoms with E-state index >= 15 is 0 Å². The highest BCUT2D eigenvalue weighted by atomic mass is 15.1. The molecule has 22 heavy (non-hydrogen) atoms. The predicted molar refractivity (Wildman–Crippen MR) is 92.4 cm³/mol. The molecule has 0 radical (unpaired) electrons. The Morgan fingerprint density at radius 3 is 1.50 bits per heavy atom. The molecule has 0 saturated carbocycles. The molecule has 0 aliphatic carbocycles. The minimum absolute atomic E-state index is 0.848. The lowest BCUT2D eigenvalue weighted by Gasteiger charge is -1.96. The molecule has 0 spiro atoms. The second-order valence-corrected chi connectivity index (χ2v) is 4.87. The van der Waals surface area contributed by atoms with Crippen molar-refractivity contribution in [3.05, 3.63) is 96.1 Å². The first-order chi connectivity index (χ1) is 10.9. The smallest absolute Gasteiger partial charge is 0.0857 e. The van der Waals surface area contributed by atoms with Crippen LogP contribution in [0.15, 0.2) is 95.2 Å². The maximum atomic E-state index is 4.24. The highest BCUT2D eigenvalue weighted by molar-refractivity contribution is 5.70. The minimum atomic E-state index is 0.848. The molecule has 0 amide bonds. The summed E-state index contributed by atoms with van der Waals surface area (Å²) in [4.78, 5) is 0. The Balaban J connectivity index is 1.68. The van der Waals surface area contributed by atoms with Gasteiger partial charge < -0.3 is 0 Å². The molecule has 0 aliphatic rings. The Morgan fingerprint density at radius 1 is 0.455 bits per heavy atom. The van der Waals surface area contributed by atoms with Crippen LogP contribution < -0.4 is 0 Å². The van der Waals surface area contributed by atoms with E-state index in [1.165, 1.54) is 5.56 Å². The maximum absolute atomic E-state index is 4.24. The molecule has 2 heteroatoms. The fourth-order valence-corrected chi connectivity index (χ4v) is 2.02. The van der Waals surface area contributed by atoms with Gasteiger partial charge in [-0.3, -0.25) is 0 Å². The molecule has 0 aliphatic heterocycles. The Labute approximate surface area is 130 Å². The summed E-state index contributed by atoms with van der Waals surface area (Å²) in [6, 6.07) is 28.0. The molecule has 106 valence electrons. The van der Waals surface area contributed by atoms with Gasteiger partial charge in [-0.15, -0.1) is 0 Å². The third kappa shape index (κ3) is 4.00. The van der Waals surface area contributed by atoms with E-state index in [-0.39, 0.29) is 0 Å². The first-order valence-corrected chi connectivity index (χ1v) is 7.20. The topological polar surface area (TPSA) is 24.7 Å². The van der Waals surface area contributed by atoms with Gasteiger partial charge in [-0.25, -0.2) is 0 Å². The van der Waals surface area contributed by atoms with Crippen LogP contribution in [0, 0.1) is 0 Å². The molecule has 0 bridgehead atoms. The van der Waals surface area contributed by atoms with Crippen LogP contribution in [0.3, 0.4) is 0 Å². The molecule has 0 N–H and O–H groups in total. The monoisotopic (exact) mass is 284 g/mol.